The molecule has 0 aromatic heterocycles. The van der Waals surface area contributed by atoms with Gasteiger partial charge in [-0.15, -0.1) is 0 Å². The molecule has 3 fully saturated rings. The first-order chi connectivity index (χ1) is 9.10. The molecule has 4 rings (SSSR count). The Labute approximate surface area is 113 Å². The van der Waals surface area contributed by atoms with Gasteiger partial charge in [-0.2, -0.15) is 4.31 Å². The third kappa shape index (κ3) is 1.61. The van der Waals surface area contributed by atoms with Crippen molar-refractivity contribution >= 4 is 10.0 Å². The summed E-state index contributed by atoms with van der Waals surface area (Å²) < 4.78 is 32.8. The van der Waals surface area contributed by atoms with Crippen LogP contribution in [0, 0.1) is 0 Å². The third-order valence-electron chi connectivity index (χ3n) is 4.72. The molecule has 19 heavy (non-hydrogen) atoms. The van der Waals surface area contributed by atoms with E-state index in [0.717, 1.165) is 18.4 Å². The summed E-state index contributed by atoms with van der Waals surface area (Å²) in [4.78, 5) is 0. The number of rotatable bonds is 2. The molecule has 2 bridgehead atoms. The van der Waals surface area contributed by atoms with E-state index in [0.29, 0.717) is 19.5 Å². The zero-order valence-corrected chi connectivity index (χ0v) is 11.5. The average molecular weight is 279 g/mol. The highest BCUT2D eigenvalue weighted by Gasteiger charge is 2.65. The molecule has 102 valence electrons. The summed E-state index contributed by atoms with van der Waals surface area (Å²) in [5.74, 6) is 0. The Morgan fingerprint density at radius 1 is 1.32 bits per heavy atom. The van der Waals surface area contributed by atoms with Crippen molar-refractivity contribution in [1.82, 2.24) is 4.31 Å². The van der Waals surface area contributed by atoms with Gasteiger partial charge in [-0.05, 0) is 24.8 Å². The van der Waals surface area contributed by atoms with E-state index in [1.807, 2.05) is 30.3 Å². The van der Waals surface area contributed by atoms with Gasteiger partial charge in [-0.25, -0.2) is 8.42 Å². The number of benzene rings is 1. The van der Waals surface area contributed by atoms with E-state index in [2.05, 4.69) is 0 Å². The SMILES string of the molecule is O=S1(=O)C2CC3CCC2(CN1Cc1ccccc1)O3. The molecule has 0 aliphatic carbocycles. The molecular weight excluding hydrogens is 262 g/mol. The van der Waals surface area contributed by atoms with Gasteiger partial charge >= 0.3 is 0 Å². The first-order valence-corrected chi connectivity index (χ1v) is 8.31. The van der Waals surface area contributed by atoms with Crippen molar-refractivity contribution in [3.63, 3.8) is 0 Å². The Balaban J connectivity index is 1.65. The molecule has 1 aromatic carbocycles. The largest absolute Gasteiger partial charge is 0.369 e. The lowest BCUT2D eigenvalue weighted by atomic mass is 9.88. The van der Waals surface area contributed by atoms with Crippen molar-refractivity contribution in [3.05, 3.63) is 35.9 Å². The van der Waals surface area contributed by atoms with Crippen LogP contribution in [-0.2, 0) is 21.3 Å². The maximum absolute atomic E-state index is 12.6. The molecule has 0 saturated carbocycles. The fourth-order valence-electron chi connectivity index (χ4n) is 3.82. The molecule has 4 nitrogen and oxygen atoms in total. The van der Waals surface area contributed by atoms with Gasteiger partial charge in [-0.1, -0.05) is 30.3 Å². The maximum Gasteiger partial charge on any atom is 0.220 e. The van der Waals surface area contributed by atoms with Gasteiger partial charge in [0.15, 0.2) is 0 Å². The van der Waals surface area contributed by atoms with Crippen LogP contribution >= 0.6 is 0 Å². The van der Waals surface area contributed by atoms with Gasteiger partial charge in [-0.3, -0.25) is 0 Å². The van der Waals surface area contributed by atoms with Crippen LogP contribution in [0.4, 0.5) is 0 Å². The summed E-state index contributed by atoms with van der Waals surface area (Å²) in [6.07, 6.45) is 2.78. The molecule has 3 heterocycles. The summed E-state index contributed by atoms with van der Waals surface area (Å²) >= 11 is 0. The van der Waals surface area contributed by atoms with E-state index in [9.17, 15) is 8.42 Å². The molecule has 3 unspecified atom stereocenters. The highest BCUT2D eigenvalue weighted by molar-refractivity contribution is 7.90. The van der Waals surface area contributed by atoms with Gasteiger partial charge in [0.05, 0.1) is 6.10 Å². The normalized spacial score (nSPS) is 39.6. The Morgan fingerprint density at radius 2 is 2.11 bits per heavy atom. The van der Waals surface area contributed by atoms with Crippen LogP contribution in [0.25, 0.3) is 0 Å². The smallest absolute Gasteiger partial charge is 0.220 e. The van der Waals surface area contributed by atoms with Crippen LogP contribution in [0.5, 0.6) is 0 Å². The number of fused-ring (bicyclic) bond motifs is 1. The van der Waals surface area contributed by atoms with E-state index in [4.69, 9.17) is 4.74 Å². The van der Waals surface area contributed by atoms with Crippen LogP contribution in [0.2, 0.25) is 0 Å². The first-order valence-electron chi connectivity index (χ1n) is 6.81. The summed E-state index contributed by atoms with van der Waals surface area (Å²) in [7, 11) is -3.19. The summed E-state index contributed by atoms with van der Waals surface area (Å²) in [5.41, 5.74) is 0.634. The minimum absolute atomic E-state index is 0.179. The number of sulfonamides is 1. The Hall–Kier alpha value is -0.910. The molecule has 0 amide bonds. The highest BCUT2D eigenvalue weighted by Crippen LogP contribution is 2.52. The standard InChI is InChI=1S/C14H17NO3S/c16-19(17)13-8-12-6-7-14(13,18-12)10-15(19)9-11-4-2-1-3-5-11/h1-5,12-13H,6-10H2. The zero-order valence-electron chi connectivity index (χ0n) is 10.7. The molecule has 0 N–H and O–H groups in total. The van der Waals surface area contributed by atoms with Crippen LogP contribution < -0.4 is 0 Å². The van der Waals surface area contributed by atoms with E-state index >= 15 is 0 Å². The minimum atomic E-state index is -3.19. The van der Waals surface area contributed by atoms with E-state index in [1.165, 1.54) is 0 Å². The van der Waals surface area contributed by atoms with Crippen molar-refractivity contribution in [2.75, 3.05) is 6.54 Å². The van der Waals surface area contributed by atoms with Crippen molar-refractivity contribution in [2.24, 2.45) is 0 Å². The lowest BCUT2D eigenvalue weighted by Gasteiger charge is -2.21. The van der Waals surface area contributed by atoms with E-state index < -0.39 is 15.6 Å². The zero-order chi connectivity index (χ0) is 13.1. The second-order valence-corrected chi connectivity index (χ2v) is 7.98. The van der Waals surface area contributed by atoms with E-state index in [1.54, 1.807) is 4.31 Å². The number of hydrogen-bond acceptors (Lipinski definition) is 3. The predicted octanol–water partition coefficient (Wildman–Crippen LogP) is 1.52. The molecular formula is C14H17NO3S. The number of ether oxygens (including phenoxy) is 1. The van der Waals surface area contributed by atoms with Crippen LogP contribution in [0.3, 0.4) is 0 Å². The first kappa shape index (κ1) is 11.9. The predicted molar refractivity (Wildman–Crippen MR) is 71.0 cm³/mol. The van der Waals surface area contributed by atoms with Gasteiger partial charge in [0, 0.05) is 13.1 Å². The average Bonchev–Trinajstić information content (AvgIpc) is 3.01. The van der Waals surface area contributed by atoms with Crippen molar-refractivity contribution in [2.45, 2.75) is 42.8 Å². The van der Waals surface area contributed by atoms with Crippen LogP contribution in [-0.4, -0.2) is 36.2 Å². The van der Waals surface area contributed by atoms with Crippen molar-refractivity contribution in [1.29, 1.82) is 0 Å². The fourth-order valence-corrected chi connectivity index (χ4v) is 6.16. The Morgan fingerprint density at radius 3 is 2.79 bits per heavy atom. The number of hydrogen-bond donors (Lipinski definition) is 0. The number of nitrogens with zero attached hydrogens (tertiary/aromatic N) is 1. The van der Waals surface area contributed by atoms with E-state index in [-0.39, 0.29) is 11.4 Å². The van der Waals surface area contributed by atoms with Gasteiger partial charge in [0.25, 0.3) is 0 Å². The molecule has 0 radical (unpaired) electrons. The molecule has 3 saturated heterocycles. The minimum Gasteiger partial charge on any atom is -0.369 e. The second kappa shape index (κ2) is 3.81. The van der Waals surface area contributed by atoms with Gasteiger partial charge in [0.2, 0.25) is 10.0 Å². The molecule has 3 aliphatic heterocycles. The summed E-state index contributed by atoms with van der Waals surface area (Å²) in [6.45, 7) is 1.00. The second-order valence-electron chi connectivity index (χ2n) is 5.87. The third-order valence-corrected chi connectivity index (χ3v) is 7.04. The van der Waals surface area contributed by atoms with Crippen LogP contribution in [0.1, 0.15) is 24.8 Å². The molecule has 1 spiro atoms. The Kier molecular flexibility index (Phi) is 2.38. The quantitative estimate of drug-likeness (QED) is 0.824. The molecule has 5 heteroatoms. The topological polar surface area (TPSA) is 46.6 Å². The van der Waals surface area contributed by atoms with Crippen LogP contribution in [0.15, 0.2) is 30.3 Å². The maximum atomic E-state index is 12.6. The van der Waals surface area contributed by atoms with Gasteiger partial charge in [0.1, 0.15) is 10.9 Å². The van der Waals surface area contributed by atoms with Crippen molar-refractivity contribution in [3.8, 4) is 0 Å². The highest BCUT2D eigenvalue weighted by atomic mass is 32.2. The van der Waals surface area contributed by atoms with Gasteiger partial charge < -0.3 is 4.74 Å². The lowest BCUT2D eigenvalue weighted by molar-refractivity contribution is 0.0119. The lowest BCUT2D eigenvalue weighted by Crippen LogP contribution is -2.38. The monoisotopic (exact) mass is 279 g/mol. The molecule has 3 aliphatic rings. The fraction of sp³-hybridized carbons (Fsp3) is 0.571. The Bertz CT molecular complexity index is 600. The van der Waals surface area contributed by atoms with Crippen molar-refractivity contribution < 1.29 is 13.2 Å². The molecule has 1 aromatic rings. The summed E-state index contributed by atoms with van der Waals surface area (Å²) in [6, 6.07) is 9.78. The summed E-state index contributed by atoms with van der Waals surface area (Å²) in [5, 5.41) is -0.303. The molecule has 3 atom stereocenters.